The summed E-state index contributed by atoms with van der Waals surface area (Å²) in [5, 5.41) is 1.02. The average Bonchev–Trinajstić information content (AvgIpc) is 3.21. The molecule has 0 fully saturated rings. The van der Waals surface area contributed by atoms with Crippen LogP contribution in [0.4, 0.5) is 5.69 Å². The molecule has 0 N–H and O–H groups in total. The van der Waals surface area contributed by atoms with Gasteiger partial charge >= 0.3 is 0 Å². The SMILES string of the molecule is CCN(CC)S(=O)(=O)c1ccc2c(c1)CCN2C(=O)/C=C/c1cccc2cccnc12. The number of hydrogen-bond acceptors (Lipinski definition) is 4. The van der Waals surface area contributed by atoms with Crippen LogP contribution in [0.5, 0.6) is 0 Å². The van der Waals surface area contributed by atoms with Crippen molar-refractivity contribution in [3.05, 3.63) is 71.9 Å². The molecule has 0 radical (unpaired) electrons. The Hall–Kier alpha value is -3.03. The van der Waals surface area contributed by atoms with Crippen LogP contribution in [0.1, 0.15) is 25.0 Å². The molecule has 0 unspecified atom stereocenters. The van der Waals surface area contributed by atoms with Gasteiger partial charge in [0.2, 0.25) is 10.0 Å². The largest absolute Gasteiger partial charge is 0.308 e. The molecule has 1 aliphatic rings. The predicted octanol–water partition coefficient (Wildman–Crippen LogP) is 3.87. The van der Waals surface area contributed by atoms with Gasteiger partial charge in [-0.2, -0.15) is 4.31 Å². The fourth-order valence-electron chi connectivity index (χ4n) is 3.99. The zero-order chi connectivity index (χ0) is 22.0. The summed E-state index contributed by atoms with van der Waals surface area (Å²) in [7, 11) is -3.52. The third kappa shape index (κ3) is 3.98. The van der Waals surface area contributed by atoms with Gasteiger partial charge in [-0.05, 0) is 42.3 Å². The van der Waals surface area contributed by atoms with Gasteiger partial charge < -0.3 is 4.90 Å². The molecule has 31 heavy (non-hydrogen) atoms. The van der Waals surface area contributed by atoms with Crippen LogP contribution in [0.2, 0.25) is 0 Å². The zero-order valence-electron chi connectivity index (χ0n) is 17.7. The van der Waals surface area contributed by atoms with Crippen LogP contribution < -0.4 is 4.90 Å². The first-order chi connectivity index (χ1) is 15.0. The lowest BCUT2D eigenvalue weighted by atomic mass is 10.1. The molecule has 0 saturated heterocycles. The van der Waals surface area contributed by atoms with Crippen LogP contribution >= 0.6 is 0 Å². The summed E-state index contributed by atoms with van der Waals surface area (Å²) in [5.74, 6) is -0.133. The number of carbonyl (C=O) groups excluding carboxylic acids is 1. The summed E-state index contributed by atoms with van der Waals surface area (Å²) in [6, 6.07) is 14.8. The van der Waals surface area contributed by atoms with Crippen molar-refractivity contribution in [2.75, 3.05) is 24.5 Å². The van der Waals surface area contributed by atoms with Crippen LogP contribution in [0.3, 0.4) is 0 Å². The number of benzene rings is 2. The Labute approximate surface area is 182 Å². The standard InChI is InChI=1S/C24H25N3O3S/c1-3-26(4-2)31(29,30)21-11-12-22-20(17-21)14-16-27(22)23(28)13-10-19-8-5-7-18-9-6-15-25-24(18)19/h5-13,15,17H,3-4,14,16H2,1-2H3/b13-10+. The van der Waals surface area contributed by atoms with Crippen molar-refractivity contribution in [1.29, 1.82) is 0 Å². The van der Waals surface area contributed by atoms with E-state index in [4.69, 9.17) is 0 Å². The maximum absolute atomic E-state index is 12.9. The molecule has 4 rings (SSSR count). The number of anilines is 1. The highest BCUT2D eigenvalue weighted by molar-refractivity contribution is 7.89. The van der Waals surface area contributed by atoms with Crippen molar-refractivity contribution in [3.63, 3.8) is 0 Å². The van der Waals surface area contributed by atoms with Crippen LogP contribution in [0.15, 0.2) is 65.7 Å². The highest BCUT2D eigenvalue weighted by Gasteiger charge is 2.27. The highest BCUT2D eigenvalue weighted by atomic mass is 32.2. The maximum atomic E-state index is 12.9. The summed E-state index contributed by atoms with van der Waals surface area (Å²) in [5.41, 5.74) is 3.37. The van der Waals surface area contributed by atoms with Crippen LogP contribution in [0, 0.1) is 0 Å². The molecule has 2 aromatic carbocycles. The van der Waals surface area contributed by atoms with Gasteiger partial charge in [-0.3, -0.25) is 9.78 Å². The number of nitrogens with zero attached hydrogens (tertiary/aromatic N) is 3. The Bertz CT molecular complexity index is 1260. The first-order valence-corrected chi connectivity index (χ1v) is 11.9. The molecule has 6 nitrogen and oxygen atoms in total. The van der Waals surface area contributed by atoms with Gasteiger partial charge in [-0.25, -0.2) is 8.42 Å². The molecular formula is C24H25N3O3S. The Morgan fingerprint density at radius 3 is 2.68 bits per heavy atom. The molecule has 7 heteroatoms. The molecule has 3 aromatic rings. The van der Waals surface area contributed by atoms with Crippen molar-refractivity contribution in [1.82, 2.24) is 9.29 Å². The number of sulfonamides is 1. The first kappa shape index (κ1) is 21.2. The molecule has 0 bridgehead atoms. The Morgan fingerprint density at radius 2 is 1.90 bits per heavy atom. The van der Waals surface area contributed by atoms with E-state index in [1.807, 2.05) is 44.2 Å². The summed E-state index contributed by atoms with van der Waals surface area (Å²) < 4.78 is 27.0. The molecule has 1 amide bonds. The van der Waals surface area contributed by atoms with E-state index >= 15 is 0 Å². The Kier molecular flexibility index (Phi) is 5.89. The van der Waals surface area contributed by atoms with E-state index in [9.17, 15) is 13.2 Å². The molecule has 0 aliphatic carbocycles. The fourth-order valence-corrected chi connectivity index (χ4v) is 5.50. The van der Waals surface area contributed by atoms with Gasteiger partial charge in [0.25, 0.3) is 5.91 Å². The van der Waals surface area contributed by atoms with Crippen molar-refractivity contribution < 1.29 is 13.2 Å². The van der Waals surface area contributed by atoms with E-state index < -0.39 is 10.0 Å². The van der Waals surface area contributed by atoms with Crippen molar-refractivity contribution in [3.8, 4) is 0 Å². The Balaban J connectivity index is 1.58. The van der Waals surface area contributed by atoms with E-state index in [1.165, 1.54) is 4.31 Å². The molecule has 0 spiro atoms. The number of hydrogen-bond donors (Lipinski definition) is 0. The number of fused-ring (bicyclic) bond motifs is 2. The summed E-state index contributed by atoms with van der Waals surface area (Å²) in [4.78, 5) is 19.3. The highest BCUT2D eigenvalue weighted by Crippen LogP contribution is 2.31. The average molecular weight is 436 g/mol. The van der Waals surface area contributed by atoms with Crippen LogP contribution in [0.25, 0.3) is 17.0 Å². The predicted molar refractivity (Wildman–Crippen MR) is 123 cm³/mol. The number of aromatic nitrogens is 1. The summed E-state index contributed by atoms with van der Waals surface area (Å²) in [6.45, 7) is 5.03. The van der Waals surface area contributed by atoms with E-state index in [0.717, 1.165) is 27.7 Å². The number of pyridine rings is 1. The zero-order valence-corrected chi connectivity index (χ0v) is 18.5. The minimum Gasteiger partial charge on any atom is -0.308 e. The minimum absolute atomic E-state index is 0.133. The fraction of sp³-hybridized carbons (Fsp3) is 0.250. The van der Waals surface area contributed by atoms with Gasteiger partial charge in [0.05, 0.1) is 10.4 Å². The molecule has 2 heterocycles. The summed E-state index contributed by atoms with van der Waals surface area (Å²) in [6.07, 6.45) is 5.71. The summed E-state index contributed by atoms with van der Waals surface area (Å²) >= 11 is 0. The minimum atomic E-state index is -3.52. The van der Waals surface area contributed by atoms with Gasteiger partial charge in [0.15, 0.2) is 0 Å². The maximum Gasteiger partial charge on any atom is 0.251 e. The second-order valence-electron chi connectivity index (χ2n) is 7.38. The van der Waals surface area contributed by atoms with Crippen LogP contribution in [-0.4, -0.2) is 43.2 Å². The van der Waals surface area contributed by atoms with Gasteiger partial charge in [-0.15, -0.1) is 0 Å². The Morgan fingerprint density at radius 1 is 1.13 bits per heavy atom. The second kappa shape index (κ2) is 8.61. The van der Waals surface area contributed by atoms with Crippen molar-refractivity contribution in [2.24, 2.45) is 0 Å². The molecule has 1 aromatic heterocycles. The topological polar surface area (TPSA) is 70.6 Å². The lowest BCUT2D eigenvalue weighted by Gasteiger charge is -2.19. The first-order valence-electron chi connectivity index (χ1n) is 10.4. The molecular weight excluding hydrogens is 410 g/mol. The molecule has 0 atom stereocenters. The van der Waals surface area contributed by atoms with Crippen molar-refractivity contribution >= 4 is 38.6 Å². The van der Waals surface area contributed by atoms with Crippen molar-refractivity contribution in [2.45, 2.75) is 25.2 Å². The normalized spacial score (nSPS) is 14.0. The molecule has 1 aliphatic heterocycles. The van der Waals surface area contributed by atoms with E-state index in [-0.39, 0.29) is 10.8 Å². The second-order valence-corrected chi connectivity index (χ2v) is 9.31. The smallest absolute Gasteiger partial charge is 0.251 e. The number of rotatable bonds is 6. The van der Waals surface area contributed by atoms with Gasteiger partial charge in [0.1, 0.15) is 0 Å². The van der Waals surface area contributed by atoms with Gasteiger partial charge in [-0.1, -0.05) is 38.1 Å². The van der Waals surface area contributed by atoms with E-state index in [2.05, 4.69) is 4.98 Å². The van der Waals surface area contributed by atoms with Crippen LogP contribution in [-0.2, 0) is 21.2 Å². The van der Waals surface area contributed by atoms with Gasteiger partial charge in [0, 0.05) is 48.5 Å². The third-order valence-corrected chi connectivity index (χ3v) is 7.67. The quantitative estimate of drug-likeness (QED) is 0.551. The van der Waals surface area contributed by atoms with E-state index in [0.29, 0.717) is 26.1 Å². The lowest BCUT2D eigenvalue weighted by molar-refractivity contribution is -0.114. The lowest BCUT2D eigenvalue weighted by Crippen LogP contribution is -2.30. The monoisotopic (exact) mass is 435 g/mol. The third-order valence-electron chi connectivity index (χ3n) is 5.63. The molecule has 0 saturated carbocycles. The van der Waals surface area contributed by atoms with E-state index in [1.54, 1.807) is 41.4 Å². The number of amides is 1. The number of carbonyl (C=O) groups is 1. The number of para-hydroxylation sites is 1. The molecule has 160 valence electrons.